The van der Waals surface area contributed by atoms with Gasteiger partial charge in [0, 0.05) is 36.3 Å². The number of aromatic nitrogens is 3. The van der Waals surface area contributed by atoms with Crippen LogP contribution in [-0.4, -0.2) is 33.2 Å². The molecule has 18 heavy (non-hydrogen) atoms. The van der Waals surface area contributed by atoms with Gasteiger partial charge in [0.15, 0.2) is 0 Å². The Morgan fingerprint density at radius 1 is 1.56 bits per heavy atom. The normalized spacial score (nSPS) is 21.3. The van der Waals surface area contributed by atoms with Crippen LogP contribution in [0.1, 0.15) is 35.2 Å². The number of nitrogens with one attached hydrogen (secondary N) is 1. The first kappa shape index (κ1) is 11.9. The van der Waals surface area contributed by atoms with E-state index in [4.69, 9.17) is 0 Å². The van der Waals surface area contributed by atoms with Crippen molar-refractivity contribution in [2.75, 3.05) is 13.1 Å². The van der Waals surface area contributed by atoms with Gasteiger partial charge in [0.25, 0.3) is 0 Å². The van der Waals surface area contributed by atoms with E-state index >= 15 is 0 Å². The van der Waals surface area contributed by atoms with Crippen LogP contribution in [0.4, 0.5) is 0 Å². The molecule has 3 rings (SSSR count). The minimum absolute atomic E-state index is 0.598. The molecule has 1 N–H and O–H groups in total. The highest BCUT2D eigenvalue weighted by molar-refractivity contribution is 7.09. The van der Waals surface area contributed by atoms with E-state index in [-0.39, 0.29) is 0 Å². The molecule has 0 aromatic carbocycles. The van der Waals surface area contributed by atoms with Crippen LogP contribution in [0.2, 0.25) is 0 Å². The number of hydrogen-bond donors (Lipinski definition) is 1. The van der Waals surface area contributed by atoms with Crippen molar-refractivity contribution in [2.45, 2.75) is 32.2 Å². The minimum atomic E-state index is 0.598. The van der Waals surface area contributed by atoms with Crippen molar-refractivity contribution in [3.63, 3.8) is 0 Å². The van der Waals surface area contributed by atoms with Crippen molar-refractivity contribution >= 4 is 11.3 Å². The molecule has 0 radical (unpaired) electrons. The predicted molar refractivity (Wildman–Crippen MR) is 72.7 cm³/mol. The van der Waals surface area contributed by atoms with Crippen LogP contribution >= 0.6 is 11.3 Å². The van der Waals surface area contributed by atoms with Gasteiger partial charge in [-0.05, 0) is 32.4 Å². The van der Waals surface area contributed by atoms with Gasteiger partial charge >= 0.3 is 0 Å². The van der Waals surface area contributed by atoms with E-state index in [0.717, 1.165) is 18.1 Å². The fraction of sp³-hybridized carbons (Fsp3) is 0.538. The van der Waals surface area contributed by atoms with Gasteiger partial charge in [0.2, 0.25) is 0 Å². The topological polar surface area (TPSA) is 44.8 Å². The molecule has 1 atom stereocenters. The van der Waals surface area contributed by atoms with Gasteiger partial charge in [-0.1, -0.05) is 0 Å². The summed E-state index contributed by atoms with van der Waals surface area (Å²) >= 11 is 1.74. The second kappa shape index (κ2) is 5.20. The second-order valence-corrected chi connectivity index (χ2v) is 6.01. The largest absolute Gasteiger partial charge is 0.297 e. The van der Waals surface area contributed by atoms with Crippen LogP contribution in [0.5, 0.6) is 0 Å². The molecular weight excluding hydrogens is 244 g/mol. The number of likely N-dealkylation sites (tertiary alicyclic amines) is 1. The number of piperidine rings is 1. The van der Waals surface area contributed by atoms with E-state index in [9.17, 15) is 0 Å². The smallest absolute Gasteiger partial charge is 0.0897 e. The van der Waals surface area contributed by atoms with Crippen molar-refractivity contribution in [2.24, 2.45) is 0 Å². The van der Waals surface area contributed by atoms with Crippen LogP contribution in [0.25, 0.3) is 0 Å². The molecule has 96 valence electrons. The van der Waals surface area contributed by atoms with Gasteiger partial charge < -0.3 is 0 Å². The lowest BCUT2D eigenvalue weighted by atomic mass is 9.95. The van der Waals surface area contributed by atoms with E-state index < -0.39 is 0 Å². The summed E-state index contributed by atoms with van der Waals surface area (Å²) in [7, 11) is 0. The number of rotatable bonds is 3. The highest BCUT2D eigenvalue weighted by atomic mass is 32.1. The summed E-state index contributed by atoms with van der Waals surface area (Å²) in [5, 5.41) is 10.5. The molecule has 0 saturated carbocycles. The number of H-pyrrole nitrogens is 1. The van der Waals surface area contributed by atoms with Crippen molar-refractivity contribution in [3.05, 3.63) is 34.0 Å². The summed E-state index contributed by atoms with van der Waals surface area (Å²) in [4.78, 5) is 7.05. The van der Waals surface area contributed by atoms with E-state index in [0.29, 0.717) is 5.92 Å². The van der Waals surface area contributed by atoms with E-state index in [1.165, 1.54) is 30.8 Å². The lowest BCUT2D eigenvalue weighted by Gasteiger charge is -2.31. The fourth-order valence-electron chi connectivity index (χ4n) is 2.66. The molecule has 0 amide bonds. The molecule has 1 aliphatic rings. The molecule has 4 nitrogen and oxygen atoms in total. The van der Waals surface area contributed by atoms with Crippen LogP contribution in [0, 0.1) is 6.92 Å². The zero-order chi connectivity index (χ0) is 12.4. The van der Waals surface area contributed by atoms with Gasteiger partial charge in [-0.2, -0.15) is 5.10 Å². The Bertz CT molecular complexity index is 491. The summed E-state index contributed by atoms with van der Waals surface area (Å²) in [6, 6.07) is 2.10. The maximum atomic E-state index is 4.55. The molecule has 1 saturated heterocycles. The molecule has 3 heterocycles. The van der Waals surface area contributed by atoms with Crippen LogP contribution in [0.3, 0.4) is 0 Å². The average molecular weight is 262 g/mol. The molecule has 1 fully saturated rings. The Morgan fingerprint density at radius 2 is 2.50 bits per heavy atom. The minimum Gasteiger partial charge on any atom is -0.297 e. The van der Waals surface area contributed by atoms with E-state index in [1.54, 1.807) is 11.3 Å². The molecule has 0 spiro atoms. The standard InChI is InChI=1S/C13H18N4S/c1-10-15-12(9-18-10)8-17-6-2-3-11(7-17)13-4-5-14-16-13/h4-5,9,11H,2-3,6-8H2,1H3,(H,14,16). The lowest BCUT2D eigenvalue weighted by Crippen LogP contribution is -2.34. The Morgan fingerprint density at radius 3 is 3.22 bits per heavy atom. The van der Waals surface area contributed by atoms with Crippen LogP contribution in [-0.2, 0) is 6.54 Å². The lowest BCUT2D eigenvalue weighted by molar-refractivity contribution is 0.196. The van der Waals surface area contributed by atoms with Gasteiger partial charge in [-0.3, -0.25) is 10.00 Å². The van der Waals surface area contributed by atoms with Crippen molar-refractivity contribution in [1.82, 2.24) is 20.1 Å². The van der Waals surface area contributed by atoms with E-state index in [1.807, 2.05) is 6.20 Å². The fourth-order valence-corrected chi connectivity index (χ4v) is 3.26. The van der Waals surface area contributed by atoms with E-state index in [2.05, 4.69) is 38.5 Å². The number of hydrogen-bond acceptors (Lipinski definition) is 4. The third-order valence-corrected chi connectivity index (χ3v) is 4.34. The highest BCUT2D eigenvalue weighted by Crippen LogP contribution is 2.26. The number of nitrogens with zero attached hydrogens (tertiary/aromatic N) is 3. The third kappa shape index (κ3) is 2.62. The first-order valence-corrected chi connectivity index (χ1v) is 7.32. The Hall–Kier alpha value is -1.20. The SMILES string of the molecule is Cc1nc(CN2CCCC(c3ccn[nH]3)C2)cs1. The van der Waals surface area contributed by atoms with Crippen LogP contribution < -0.4 is 0 Å². The zero-order valence-corrected chi connectivity index (χ0v) is 11.4. The van der Waals surface area contributed by atoms with Crippen molar-refractivity contribution in [3.8, 4) is 0 Å². The summed E-state index contributed by atoms with van der Waals surface area (Å²) in [6.45, 7) is 5.34. The molecule has 5 heteroatoms. The average Bonchev–Trinajstić information content (AvgIpc) is 3.01. The summed E-state index contributed by atoms with van der Waals surface area (Å²) in [6.07, 6.45) is 4.36. The third-order valence-electron chi connectivity index (χ3n) is 3.52. The van der Waals surface area contributed by atoms with Gasteiger partial charge in [0.05, 0.1) is 10.7 Å². The maximum absolute atomic E-state index is 4.55. The van der Waals surface area contributed by atoms with Crippen molar-refractivity contribution in [1.29, 1.82) is 0 Å². The molecular formula is C13H18N4S. The first-order chi connectivity index (χ1) is 8.81. The number of thiazole rings is 1. The number of aromatic amines is 1. The Labute approximate surface area is 111 Å². The Balaban J connectivity index is 1.63. The monoisotopic (exact) mass is 262 g/mol. The molecule has 0 aliphatic carbocycles. The summed E-state index contributed by atoms with van der Waals surface area (Å²) in [5.41, 5.74) is 2.48. The number of aryl methyl sites for hydroxylation is 1. The molecule has 1 unspecified atom stereocenters. The predicted octanol–water partition coefficient (Wildman–Crippen LogP) is 2.55. The quantitative estimate of drug-likeness (QED) is 0.924. The van der Waals surface area contributed by atoms with Crippen molar-refractivity contribution < 1.29 is 0 Å². The molecule has 0 bridgehead atoms. The second-order valence-electron chi connectivity index (χ2n) is 4.94. The first-order valence-electron chi connectivity index (χ1n) is 6.44. The maximum Gasteiger partial charge on any atom is 0.0897 e. The highest BCUT2D eigenvalue weighted by Gasteiger charge is 2.22. The molecule has 2 aromatic rings. The van der Waals surface area contributed by atoms with Gasteiger partial charge in [-0.25, -0.2) is 4.98 Å². The molecule has 1 aliphatic heterocycles. The zero-order valence-electron chi connectivity index (χ0n) is 10.6. The van der Waals surface area contributed by atoms with Crippen LogP contribution in [0.15, 0.2) is 17.6 Å². The summed E-state index contributed by atoms with van der Waals surface area (Å²) in [5.74, 6) is 0.598. The Kier molecular flexibility index (Phi) is 3.43. The van der Waals surface area contributed by atoms with Gasteiger partial charge in [0.1, 0.15) is 0 Å². The van der Waals surface area contributed by atoms with Gasteiger partial charge in [-0.15, -0.1) is 11.3 Å². The molecule has 2 aromatic heterocycles. The summed E-state index contributed by atoms with van der Waals surface area (Å²) < 4.78 is 0.